The van der Waals surface area contributed by atoms with Crippen LogP contribution in [0.3, 0.4) is 0 Å². The van der Waals surface area contributed by atoms with Crippen LogP contribution in [0, 0.1) is 0 Å². The Bertz CT molecular complexity index is 346. The molecule has 0 bridgehead atoms. The van der Waals surface area contributed by atoms with E-state index in [1.165, 1.54) is 18.5 Å². The molecule has 1 saturated heterocycles. The van der Waals surface area contributed by atoms with Crippen LogP contribution in [0.1, 0.15) is 39.3 Å². The first kappa shape index (κ1) is 12.7. The maximum atomic E-state index is 5.87. The Morgan fingerprint density at radius 3 is 2.94 bits per heavy atom. The highest BCUT2D eigenvalue weighted by Gasteiger charge is 2.22. The predicted octanol–water partition coefficient (Wildman–Crippen LogP) is 2.55. The Labute approximate surface area is 104 Å². The van der Waals surface area contributed by atoms with Gasteiger partial charge in [0, 0.05) is 31.0 Å². The summed E-state index contributed by atoms with van der Waals surface area (Å²) in [6.07, 6.45) is 5.38. The van der Waals surface area contributed by atoms with Crippen molar-refractivity contribution in [3.63, 3.8) is 0 Å². The lowest BCUT2D eigenvalue weighted by molar-refractivity contribution is 0.0453. The number of nitrogens with zero attached hydrogens (tertiary/aromatic N) is 1. The second kappa shape index (κ2) is 5.69. The molecule has 3 heteroatoms. The molecule has 2 atom stereocenters. The van der Waals surface area contributed by atoms with Crippen molar-refractivity contribution in [2.45, 2.75) is 65.0 Å². The van der Waals surface area contributed by atoms with E-state index in [2.05, 4.69) is 49.0 Å². The van der Waals surface area contributed by atoms with Crippen molar-refractivity contribution in [1.29, 1.82) is 0 Å². The van der Waals surface area contributed by atoms with Crippen molar-refractivity contribution >= 4 is 0 Å². The molecule has 96 valence electrons. The van der Waals surface area contributed by atoms with Crippen molar-refractivity contribution < 1.29 is 4.74 Å². The van der Waals surface area contributed by atoms with Crippen LogP contribution in [-0.2, 0) is 17.8 Å². The third-order valence-corrected chi connectivity index (χ3v) is 3.34. The maximum absolute atomic E-state index is 5.87. The van der Waals surface area contributed by atoms with Crippen LogP contribution < -0.4 is 5.32 Å². The van der Waals surface area contributed by atoms with Gasteiger partial charge in [-0.15, -0.1) is 0 Å². The zero-order valence-electron chi connectivity index (χ0n) is 11.1. The summed E-state index contributed by atoms with van der Waals surface area (Å²) >= 11 is 0. The van der Waals surface area contributed by atoms with Gasteiger partial charge in [-0.05, 0) is 31.9 Å². The summed E-state index contributed by atoms with van der Waals surface area (Å²) in [6, 6.07) is 4.84. The minimum absolute atomic E-state index is 0.398. The van der Waals surface area contributed by atoms with Gasteiger partial charge in [0.05, 0.1) is 12.2 Å². The van der Waals surface area contributed by atoms with E-state index >= 15 is 0 Å². The molecule has 2 rings (SSSR count). The Balaban J connectivity index is 1.89. The standard InChI is InChI=1S/C14H24N2O/c1-11(2)15-9-13-5-4-8-16(13)10-14-7-6-12(3)17-14/h4-5,8,11-12,14-15H,6-7,9-10H2,1-3H3. The van der Waals surface area contributed by atoms with Crippen LogP contribution in [0.5, 0.6) is 0 Å². The van der Waals surface area contributed by atoms with Crippen molar-refractivity contribution in [3.8, 4) is 0 Å². The number of aromatic nitrogens is 1. The van der Waals surface area contributed by atoms with Gasteiger partial charge in [0.25, 0.3) is 0 Å². The van der Waals surface area contributed by atoms with Crippen LogP contribution >= 0.6 is 0 Å². The van der Waals surface area contributed by atoms with Gasteiger partial charge < -0.3 is 14.6 Å². The third kappa shape index (κ3) is 3.58. The maximum Gasteiger partial charge on any atom is 0.0758 e. The topological polar surface area (TPSA) is 26.2 Å². The Morgan fingerprint density at radius 1 is 1.47 bits per heavy atom. The summed E-state index contributed by atoms with van der Waals surface area (Å²) in [4.78, 5) is 0. The SMILES string of the molecule is CC(C)NCc1cccn1CC1CCC(C)O1. The van der Waals surface area contributed by atoms with Crippen LogP contribution in [0.25, 0.3) is 0 Å². The smallest absolute Gasteiger partial charge is 0.0758 e. The van der Waals surface area contributed by atoms with Gasteiger partial charge in [-0.3, -0.25) is 0 Å². The van der Waals surface area contributed by atoms with Crippen molar-refractivity contribution in [2.24, 2.45) is 0 Å². The number of hydrogen-bond donors (Lipinski definition) is 1. The van der Waals surface area contributed by atoms with Gasteiger partial charge in [0.15, 0.2) is 0 Å². The van der Waals surface area contributed by atoms with Crippen molar-refractivity contribution in [2.75, 3.05) is 0 Å². The van der Waals surface area contributed by atoms with E-state index in [1.807, 2.05) is 0 Å². The summed E-state index contributed by atoms with van der Waals surface area (Å²) in [6.45, 7) is 8.44. The molecule has 1 N–H and O–H groups in total. The minimum atomic E-state index is 0.398. The molecule has 1 aliphatic heterocycles. The monoisotopic (exact) mass is 236 g/mol. The highest BCUT2D eigenvalue weighted by atomic mass is 16.5. The van der Waals surface area contributed by atoms with E-state index < -0.39 is 0 Å². The second-order valence-corrected chi connectivity index (χ2v) is 5.33. The lowest BCUT2D eigenvalue weighted by atomic mass is 10.2. The molecule has 0 saturated carbocycles. The van der Waals surface area contributed by atoms with E-state index in [0.29, 0.717) is 18.2 Å². The van der Waals surface area contributed by atoms with Crippen LogP contribution in [0.15, 0.2) is 18.3 Å². The highest BCUT2D eigenvalue weighted by molar-refractivity contribution is 5.07. The molecule has 2 unspecified atom stereocenters. The molecule has 17 heavy (non-hydrogen) atoms. The summed E-state index contributed by atoms with van der Waals surface area (Å²) < 4.78 is 8.19. The van der Waals surface area contributed by atoms with E-state index in [0.717, 1.165) is 13.1 Å². The lowest BCUT2D eigenvalue weighted by Gasteiger charge is -2.16. The van der Waals surface area contributed by atoms with Crippen LogP contribution in [0.2, 0.25) is 0 Å². The number of ether oxygens (including phenoxy) is 1. The molecule has 3 nitrogen and oxygen atoms in total. The summed E-state index contributed by atoms with van der Waals surface area (Å²) in [7, 11) is 0. The quantitative estimate of drug-likeness (QED) is 0.850. The van der Waals surface area contributed by atoms with E-state index in [4.69, 9.17) is 4.74 Å². The molecular formula is C14H24N2O. The van der Waals surface area contributed by atoms with Gasteiger partial charge in [-0.1, -0.05) is 13.8 Å². The van der Waals surface area contributed by atoms with Gasteiger partial charge in [0.1, 0.15) is 0 Å². The molecule has 0 radical (unpaired) electrons. The van der Waals surface area contributed by atoms with Crippen molar-refractivity contribution in [1.82, 2.24) is 9.88 Å². The van der Waals surface area contributed by atoms with Crippen LogP contribution in [0.4, 0.5) is 0 Å². The average Bonchev–Trinajstić information content (AvgIpc) is 2.86. The molecule has 1 fully saturated rings. The largest absolute Gasteiger partial charge is 0.373 e. The first-order chi connectivity index (χ1) is 8.15. The molecule has 1 aromatic rings. The van der Waals surface area contributed by atoms with Gasteiger partial charge in [0.2, 0.25) is 0 Å². The molecule has 1 aliphatic rings. The number of nitrogens with one attached hydrogen (secondary N) is 1. The predicted molar refractivity (Wildman–Crippen MR) is 70.0 cm³/mol. The normalized spacial score (nSPS) is 24.7. The molecule has 2 heterocycles. The fourth-order valence-corrected chi connectivity index (χ4v) is 2.34. The van der Waals surface area contributed by atoms with Crippen molar-refractivity contribution in [3.05, 3.63) is 24.0 Å². The molecular weight excluding hydrogens is 212 g/mol. The van der Waals surface area contributed by atoms with E-state index in [-0.39, 0.29) is 0 Å². The number of rotatable bonds is 5. The summed E-state index contributed by atoms with van der Waals surface area (Å²) in [5.74, 6) is 0. The second-order valence-electron chi connectivity index (χ2n) is 5.33. The Morgan fingerprint density at radius 2 is 2.29 bits per heavy atom. The average molecular weight is 236 g/mol. The zero-order chi connectivity index (χ0) is 12.3. The fourth-order valence-electron chi connectivity index (χ4n) is 2.34. The molecule has 0 amide bonds. The van der Waals surface area contributed by atoms with Gasteiger partial charge in [-0.2, -0.15) is 0 Å². The summed E-state index contributed by atoms with van der Waals surface area (Å²) in [5.41, 5.74) is 1.35. The zero-order valence-corrected chi connectivity index (χ0v) is 11.1. The van der Waals surface area contributed by atoms with Gasteiger partial charge >= 0.3 is 0 Å². The summed E-state index contributed by atoms with van der Waals surface area (Å²) in [5, 5.41) is 3.46. The molecule has 0 aliphatic carbocycles. The molecule has 0 spiro atoms. The Kier molecular flexibility index (Phi) is 4.24. The lowest BCUT2D eigenvalue weighted by Crippen LogP contribution is -2.25. The fraction of sp³-hybridized carbons (Fsp3) is 0.714. The Hall–Kier alpha value is -0.800. The van der Waals surface area contributed by atoms with E-state index in [1.54, 1.807) is 0 Å². The first-order valence-corrected chi connectivity index (χ1v) is 6.68. The highest BCUT2D eigenvalue weighted by Crippen LogP contribution is 2.21. The van der Waals surface area contributed by atoms with E-state index in [9.17, 15) is 0 Å². The molecule has 0 aromatic carbocycles. The first-order valence-electron chi connectivity index (χ1n) is 6.68. The minimum Gasteiger partial charge on any atom is -0.373 e. The van der Waals surface area contributed by atoms with Gasteiger partial charge in [-0.25, -0.2) is 0 Å². The van der Waals surface area contributed by atoms with Crippen LogP contribution in [-0.4, -0.2) is 22.8 Å². The molecule has 1 aromatic heterocycles. The number of hydrogen-bond acceptors (Lipinski definition) is 2. The third-order valence-electron chi connectivity index (χ3n) is 3.34.